The van der Waals surface area contributed by atoms with E-state index in [1.807, 2.05) is 18.3 Å². The van der Waals surface area contributed by atoms with Crippen molar-refractivity contribution in [3.05, 3.63) is 59.9 Å². The van der Waals surface area contributed by atoms with E-state index < -0.39 is 0 Å². The third-order valence-corrected chi connectivity index (χ3v) is 6.81. The number of amides is 1. The van der Waals surface area contributed by atoms with Gasteiger partial charge in [0, 0.05) is 49.5 Å². The molecular weight excluding hydrogens is 360 g/mol. The predicted molar refractivity (Wildman–Crippen MR) is 116 cm³/mol. The van der Waals surface area contributed by atoms with Crippen LogP contribution in [0.4, 0.5) is 5.82 Å². The number of pyridine rings is 1. The van der Waals surface area contributed by atoms with Crippen LogP contribution in [0, 0.1) is 12.3 Å². The van der Waals surface area contributed by atoms with Crippen molar-refractivity contribution in [2.24, 2.45) is 5.41 Å². The number of hydrogen-bond acceptors (Lipinski definition) is 3. The van der Waals surface area contributed by atoms with Crippen molar-refractivity contribution < 1.29 is 4.79 Å². The second-order valence-electron chi connectivity index (χ2n) is 8.65. The van der Waals surface area contributed by atoms with Crippen molar-refractivity contribution >= 4 is 22.6 Å². The molecule has 1 aromatic carbocycles. The number of anilines is 1. The minimum Gasteiger partial charge on any atom is -0.361 e. The molecule has 0 radical (unpaired) electrons. The van der Waals surface area contributed by atoms with Crippen LogP contribution in [0.1, 0.15) is 36.8 Å². The molecule has 5 rings (SSSR count). The maximum Gasteiger partial charge on any atom is 0.229 e. The molecule has 1 spiro atoms. The number of aromatic amines is 1. The first-order valence-corrected chi connectivity index (χ1v) is 10.7. The lowest BCUT2D eigenvalue weighted by molar-refractivity contribution is -0.148. The van der Waals surface area contributed by atoms with Crippen LogP contribution in [-0.4, -0.2) is 40.4 Å². The minimum absolute atomic E-state index is 0.190. The van der Waals surface area contributed by atoms with Gasteiger partial charge in [0.15, 0.2) is 0 Å². The highest BCUT2D eigenvalue weighted by Crippen LogP contribution is 2.42. The van der Waals surface area contributed by atoms with Crippen molar-refractivity contribution in [2.75, 3.05) is 24.5 Å². The second-order valence-corrected chi connectivity index (χ2v) is 8.65. The lowest BCUT2D eigenvalue weighted by Crippen LogP contribution is -2.53. The number of nitrogens with zero attached hydrogens (tertiary/aromatic N) is 3. The van der Waals surface area contributed by atoms with Gasteiger partial charge in [-0.1, -0.05) is 18.2 Å². The van der Waals surface area contributed by atoms with E-state index in [1.165, 1.54) is 16.5 Å². The first-order chi connectivity index (χ1) is 14.1. The number of para-hydroxylation sites is 1. The summed E-state index contributed by atoms with van der Waals surface area (Å²) in [5.74, 6) is 1.39. The molecule has 5 heteroatoms. The normalized spacial score (nSPS) is 19.3. The highest BCUT2D eigenvalue weighted by molar-refractivity contribution is 5.86. The van der Waals surface area contributed by atoms with Crippen molar-refractivity contribution in [3.8, 4) is 0 Å². The average molecular weight is 389 g/mol. The van der Waals surface area contributed by atoms with Crippen LogP contribution in [0.2, 0.25) is 0 Å². The van der Waals surface area contributed by atoms with E-state index in [1.54, 1.807) is 0 Å². The fourth-order valence-electron chi connectivity index (χ4n) is 5.09. The van der Waals surface area contributed by atoms with E-state index in [0.29, 0.717) is 12.5 Å². The van der Waals surface area contributed by atoms with E-state index in [-0.39, 0.29) is 5.41 Å². The Hall–Kier alpha value is -2.82. The Bertz CT molecular complexity index is 1030. The molecule has 3 aromatic rings. The van der Waals surface area contributed by atoms with Gasteiger partial charge in [-0.2, -0.15) is 0 Å². The molecule has 0 saturated carbocycles. The zero-order valence-electron chi connectivity index (χ0n) is 17.0. The summed E-state index contributed by atoms with van der Waals surface area (Å²) in [5.41, 5.74) is 3.40. The number of fused-ring (bicyclic) bond motifs is 1. The molecule has 2 aromatic heterocycles. The molecule has 29 heavy (non-hydrogen) atoms. The highest BCUT2D eigenvalue weighted by Gasteiger charge is 2.45. The first kappa shape index (κ1) is 18.2. The van der Waals surface area contributed by atoms with Crippen LogP contribution in [0.15, 0.2) is 48.8 Å². The fraction of sp³-hybridized carbons (Fsp3) is 0.417. The Morgan fingerprint density at radius 1 is 1.10 bits per heavy atom. The molecule has 2 fully saturated rings. The number of carbonyl (C=O) groups excluding carboxylic acids is 1. The van der Waals surface area contributed by atoms with Crippen LogP contribution in [0.3, 0.4) is 0 Å². The second kappa shape index (κ2) is 7.21. The third kappa shape index (κ3) is 3.28. The molecule has 2 saturated heterocycles. The Balaban J connectivity index is 1.31. The Kier molecular flexibility index (Phi) is 4.53. The summed E-state index contributed by atoms with van der Waals surface area (Å²) in [6.07, 6.45) is 7.90. The summed E-state index contributed by atoms with van der Waals surface area (Å²) in [7, 11) is 0. The summed E-state index contributed by atoms with van der Waals surface area (Å²) >= 11 is 0. The molecule has 0 bridgehead atoms. The number of nitrogens with one attached hydrogen (secondary N) is 1. The molecule has 2 aliphatic rings. The standard InChI is InChI=1S/C24H28N4O/c1-18-7-11-25-22(15-18)27-13-9-24(10-14-27)8-4-12-28(23(24)29)17-19-16-26-21-6-3-2-5-20(19)21/h2-3,5-7,11,15-16,26H,4,8-10,12-14,17H2,1H3. The van der Waals surface area contributed by atoms with Gasteiger partial charge in [0.2, 0.25) is 5.91 Å². The van der Waals surface area contributed by atoms with Crippen LogP contribution < -0.4 is 4.90 Å². The number of aromatic nitrogens is 2. The van der Waals surface area contributed by atoms with Gasteiger partial charge < -0.3 is 14.8 Å². The Morgan fingerprint density at radius 3 is 2.76 bits per heavy atom. The van der Waals surface area contributed by atoms with Crippen LogP contribution >= 0.6 is 0 Å². The van der Waals surface area contributed by atoms with Gasteiger partial charge in [-0.25, -0.2) is 4.98 Å². The summed E-state index contributed by atoms with van der Waals surface area (Å²) < 4.78 is 0. The number of H-pyrrole nitrogens is 1. The van der Waals surface area contributed by atoms with Crippen LogP contribution in [0.5, 0.6) is 0 Å². The topological polar surface area (TPSA) is 52.2 Å². The number of aryl methyl sites for hydroxylation is 1. The van der Waals surface area contributed by atoms with Gasteiger partial charge >= 0.3 is 0 Å². The molecule has 1 N–H and O–H groups in total. The van der Waals surface area contributed by atoms with E-state index in [9.17, 15) is 4.79 Å². The summed E-state index contributed by atoms with van der Waals surface area (Å²) in [6, 6.07) is 12.5. The van der Waals surface area contributed by atoms with Crippen LogP contribution in [-0.2, 0) is 11.3 Å². The lowest BCUT2D eigenvalue weighted by Gasteiger charge is -2.46. The predicted octanol–water partition coefficient (Wildman–Crippen LogP) is 4.28. The molecule has 1 amide bonds. The largest absolute Gasteiger partial charge is 0.361 e. The van der Waals surface area contributed by atoms with E-state index >= 15 is 0 Å². The zero-order valence-corrected chi connectivity index (χ0v) is 17.0. The lowest BCUT2D eigenvalue weighted by atomic mass is 9.71. The van der Waals surface area contributed by atoms with Gasteiger partial charge in [0.1, 0.15) is 5.82 Å². The summed E-state index contributed by atoms with van der Waals surface area (Å²) in [4.78, 5) is 25.9. The smallest absolute Gasteiger partial charge is 0.229 e. The Labute approximate surface area is 171 Å². The van der Waals surface area contributed by atoms with Gasteiger partial charge in [-0.15, -0.1) is 0 Å². The molecular formula is C24H28N4O. The molecule has 4 heterocycles. The maximum atomic E-state index is 13.5. The van der Waals surface area contributed by atoms with Crippen molar-refractivity contribution in [1.29, 1.82) is 0 Å². The fourth-order valence-corrected chi connectivity index (χ4v) is 5.09. The van der Waals surface area contributed by atoms with Crippen molar-refractivity contribution in [3.63, 3.8) is 0 Å². The molecule has 0 aliphatic carbocycles. The monoisotopic (exact) mass is 388 g/mol. The van der Waals surface area contributed by atoms with Gasteiger partial charge in [0.25, 0.3) is 0 Å². The minimum atomic E-state index is -0.190. The summed E-state index contributed by atoms with van der Waals surface area (Å²) in [5, 5.41) is 1.22. The maximum absolute atomic E-state index is 13.5. The molecule has 5 nitrogen and oxygen atoms in total. The van der Waals surface area contributed by atoms with Crippen molar-refractivity contribution in [1.82, 2.24) is 14.9 Å². The van der Waals surface area contributed by atoms with Gasteiger partial charge in [-0.3, -0.25) is 4.79 Å². The third-order valence-electron chi connectivity index (χ3n) is 6.81. The number of hydrogen-bond donors (Lipinski definition) is 1. The summed E-state index contributed by atoms with van der Waals surface area (Å²) in [6.45, 7) is 5.48. The van der Waals surface area contributed by atoms with Gasteiger partial charge in [-0.05, 0) is 61.9 Å². The number of benzene rings is 1. The van der Waals surface area contributed by atoms with E-state index in [4.69, 9.17) is 0 Å². The number of likely N-dealkylation sites (tertiary alicyclic amines) is 1. The molecule has 150 valence electrons. The van der Waals surface area contributed by atoms with Crippen LogP contribution in [0.25, 0.3) is 10.9 Å². The number of rotatable bonds is 3. The number of carbonyl (C=O) groups is 1. The number of piperidine rings is 2. The molecule has 2 aliphatic heterocycles. The van der Waals surface area contributed by atoms with Crippen molar-refractivity contribution in [2.45, 2.75) is 39.2 Å². The Morgan fingerprint density at radius 2 is 1.93 bits per heavy atom. The zero-order chi connectivity index (χ0) is 19.8. The molecule has 0 unspecified atom stereocenters. The SMILES string of the molecule is Cc1ccnc(N2CCC3(CCCN(Cc4c[nH]c5ccccc45)C3=O)CC2)c1. The first-order valence-electron chi connectivity index (χ1n) is 10.7. The average Bonchev–Trinajstić information content (AvgIpc) is 3.15. The quantitative estimate of drug-likeness (QED) is 0.729. The van der Waals surface area contributed by atoms with Gasteiger partial charge in [0.05, 0.1) is 5.41 Å². The van der Waals surface area contributed by atoms with E-state index in [2.05, 4.69) is 57.2 Å². The molecule has 0 atom stereocenters. The van der Waals surface area contributed by atoms with E-state index in [0.717, 1.165) is 56.7 Å². The highest BCUT2D eigenvalue weighted by atomic mass is 16.2.